The van der Waals surface area contributed by atoms with Crippen molar-refractivity contribution < 1.29 is 14.3 Å². The number of hydrogen-bond donors (Lipinski definition) is 2. The van der Waals surface area contributed by atoms with E-state index in [0.717, 1.165) is 43.3 Å². The SMILES string of the molecule is C=CC(=O)Nc1cccc(Oc2nc(Nc3ccc(N4CCN(C)CC4)cc3)nc3c2ccn3COCC[Si](C)(C)C)c1. The normalized spacial score (nSPS) is 14.1. The van der Waals surface area contributed by atoms with E-state index in [2.05, 4.69) is 65.8 Å². The molecule has 2 aromatic heterocycles. The van der Waals surface area contributed by atoms with E-state index in [9.17, 15) is 4.79 Å². The Balaban J connectivity index is 1.40. The van der Waals surface area contributed by atoms with E-state index in [0.29, 0.717) is 42.3 Å². The van der Waals surface area contributed by atoms with Gasteiger partial charge in [-0.05, 0) is 61.6 Å². The van der Waals surface area contributed by atoms with Gasteiger partial charge in [-0.25, -0.2) is 0 Å². The third-order valence-corrected chi connectivity index (χ3v) is 9.01. The van der Waals surface area contributed by atoms with Crippen LogP contribution >= 0.6 is 0 Å². The Morgan fingerprint density at radius 1 is 1.02 bits per heavy atom. The first kappa shape index (κ1) is 30.3. The Kier molecular flexibility index (Phi) is 9.44. The fraction of sp³-hybridized carbons (Fsp3) is 0.344. The van der Waals surface area contributed by atoms with Crippen LogP contribution in [-0.2, 0) is 16.3 Å². The smallest absolute Gasteiger partial charge is 0.247 e. The number of piperazine rings is 1. The summed E-state index contributed by atoms with van der Waals surface area (Å²) in [5, 5.41) is 6.88. The van der Waals surface area contributed by atoms with Crippen molar-refractivity contribution in [2.75, 3.05) is 55.4 Å². The first-order valence-corrected chi connectivity index (χ1v) is 18.3. The Hall–Kier alpha value is -4.19. The minimum atomic E-state index is -1.20. The van der Waals surface area contributed by atoms with Crippen LogP contribution in [0.1, 0.15) is 0 Å². The molecule has 1 saturated heterocycles. The maximum Gasteiger partial charge on any atom is 0.247 e. The van der Waals surface area contributed by atoms with E-state index in [1.807, 2.05) is 41.1 Å². The fourth-order valence-corrected chi connectivity index (χ4v) is 5.46. The van der Waals surface area contributed by atoms with Crippen LogP contribution < -0.4 is 20.3 Å². The van der Waals surface area contributed by atoms with Gasteiger partial charge < -0.3 is 34.5 Å². The minimum absolute atomic E-state index is 0.294. The van der Waals surface area contributed by atoms with Gasteiger partial charge in [-0.2, -0.15) is 9.97 Å². The van der Waals surface area contributed by atoms with Crippen LogP contribution in [0.25, 0.3) is 11.0 Å². The van der Waals surface area contributed by atoms with Gasteiger partial charge in [0, 0.05) is 70.2 Å². The lowest BCUT2D eigenvalue weighted by Gasteiger charge is -2.34. The van der Waals surface area contributed by atoms with Gasteiger partial charge >= 0.3 is 0 Å². The van der Waals surface area contributed by atoms with E-state index in [1.54, 1.807) is 12.1 Å². The van der Waals surface area contributed by atoms with Gasteiger partial charge in [0.05, 0.1) is 5.39 Å². The number of nitrogens with one attached hydrogen (secondary N) is 2. The molecule has 11 heteroatoms. The molecular formula is C32H41N7O3Si. The molecular weight excluding hydrogens is 558 g/mol. The summed E-state index contributed by atoms with van der Waals surface area (Å²) in [4.78, 5) is 26.2. The molecule has 0 spiro atoms. The van der Waals surface area contributed by atoms with Gasteiger partial charge in [0.2, 0.25) is 17.7 Å². The highest BCUT2D eigenvalue weighted by Gasteiger charge is 2.17. The van der Waals surface area contributed by atoms with Gasteiger partial charge in [-0.3, -0.25) is 4.79 Å². The van der Waals surface area contributed by atoms with Crippen LogP contribution in [0.3, 0.4) is 0 Å². The number of anilines is 4. The van der Waals surface area contributed by atoms with Crippen LogP contribution in [0, 0.1) is 0 Å². The summed E-state index contributed by atoms with van der Waals surface area (Å²) in [6.45, 7) is 15.8. The van der Waals surface area contributed by atoms with Crippen molar-refractivity contribution in [3.05, 3.63) is 73.4 Å². The molecule has 1 aliphatic rings. The van der Waals surface area contributed by atoms with Crippen molar-refractivity contribution in [2.24, 2.45) is 0 Å². The molecule has 1 fully saturated rings. The predicted molar refractivity (Wildman–Crippen MR) is 176 cm³/mol. The molecule has 10 nitrogen and oxygen atoms in total. The highest BCUT2D eigenvalue weighted by molar-refractivity contribution is 6.76. The Morgan fingerprint density at radius 3 is 2.51 bits per heavy atom. The number of benzene rings is 2. The van der Waals surface area contributed by atoms with Gasteiger partial charge in [0.25, 0.3) is 0 Å². The summed E-state index contributed by atoms with van der Waals surface area (Å²) < 4.78 is 14.3. The number of amides is 1. The van der Waals surface area contributed by atoms with Gasteiger partial charge in [-0.15, -0.1) is 0 Å². The van der Waals surface area contributed by atoms with Crippen LogP contribution in [0.2, 0.25) is 25.7 Å². The Morgan fingerprint density at radius 2 is 1.79 bits per heavy atom. The Labute approximate surface area is 254 Å². The summed E-state index contributed by atoms with van der Waals surface area (Å²) in [5.74, 6) is 1.05. The van der Waals surface area contributed by atoms with Crippen LogP contribution in [-0.4, -0.2) is 73.2 Å². The van der Waals surface area contributed by atoms with Crippen molar-refractivity contribution in [3.8, 4) is 11.6 Å². The lowest BCUT2D eigenvalue weighted by atomic mass is 10.2. The summed E-state index contributed by atoms with van der Waals surface area (Å²) in [7, 11) is 0.959. The number of rotatable bonds is 12. The second kappa shape index (κ2) is 13.4. The lowest BCUT2D eigenvalue weighted by Crippen LogP contribution is -2.44. The third-order valence-electron chi connectivity index (χ3n) is 7.30. The molecule has 3 heterocycles. The molecule has 1 amide bonds. The van der Waals surface area contributed by atoms with Crippen molar-refractivity contribution in [3.63, 3.8) is 0 Å². The van der Waals surface area contributed by atoms with E-state index >= 15 is 0 Å². The van der Waals surface area contributed by atoms with Gasteiger partial charge in [0.1, 0.15) is 12.5 Å². The molecule has 0 saturated carbocycles. The summed E-state index contributed by atoms with van der Waals surface area (Å²) in [5.41, 5.74) is 3.37. The molecule has 0 bridgehead atoms. The topological polar surface area (TPSA) is 96.8 Å². The molecule has 0 atom stereocenters. The number of carbonyl (C=O) groups excluding carboxylic acids is 1. The average Bonchev–Trinajstić information content (AvgIpc) is 3.39. The number of fused-ring (bicyclic) bond motifs is 1. The zero-order valence-electron chi connectivity index (χ0n) is 25.5. The molecule has 0 radical (unpaired) electrons. The highest BCUT2D eigenvalue weighted by atomic mass is 28.3. The summed E-state index contributed by atoms with van der Waals surface area (Å²) in [6, 6.07) is 18.5. The number of likely N-dealkylation sites (N-methyl/N-ethyl adjacent to an activating group) is 1. The van der Waals surface area contributed by atoms with Crippen molar-refractivity contribution in [1.29, 1.82) is 0 Å². The third kappa shape index (κ3) is 8.22. The number of hydrogen-bond acceptors (Lipinski definition) is 8. The Bertz CT molecular complexity index is 1560. The largest absolute Gasteiger partial charge is 0.438 e. The first-order valence-electron chi connectivity index (χ1n) is 14.6. The minimum Gasteiger partial charge on any atom is -0.438 e. The van der Waals surface area contributed by atoms with E-state index < -0.39 is 8.07 Å². The monoisotopic (exact) mass is 599 g/mol. The second-order valence-corrected chi connectivity index (χ2v) is 17.6. The van der Waals surface area contributed by atoms with Crippen LogP contribution in [0.4, 0.5) is 23.0 Å². The zero-order valence-corrected chi connectivity index (χ0v) is 26.5. The molecule has 5 rings (SSSR count). The zero-order chi connectivity index (χ0) is 30.4. The van der Waals surface area contributed by atoms with Crippen LogP contribution in [0.15, 0.2) is 73.4 Å². The summed E-state index contributed by atoms with van der Waals surface area (Å²) >= 11 is 0. The fourth-order valence-electron chi connectivity index (χ4n) is 4.71. The molecule has 43 heavy (non-hydrogen) atoms. The quantitative estimate of drug-likeness (QED) is 0.114. The average molecular weight is 600 g/mol. The number of carbonyl (C=O) groups is 1. The van der Waals surface area contributed by atoms with Gasteiger partial charge in [-0.1, -0.05) is 32.3 Å². The lowest BCUT2D eigenvalue weighted by molar-refractivity contribution is -0.111. The van der Waals surface area contributed by atoms with Crippen molar-refractivity contribution >= 4 is 48.0 Å². The first-order chi connectivity index (χ1) is 20.7. The molecule has 1 aliphatic heterocycles. The number of aromatic nitrogens is 3. The maximum atomic E-state index is 11.8. The number of ether oxygens (including phenoxy) is 2. The van der Waals surface area contributed by atoms with Crippen molar-refractivity contribution in [1.82, 2.24) is 19.4 Å². The molecule has 226 valence electrons. The highest BCUT2D eigenvalue weighted by Crippen LogP contribution is 2.32. The van der Waals surface area contributed by atoms with Crippen molar-refractivity contribution in [2.45, 2.75) is 32.4 Å². The summed E-state index contributed by atoms with van der Waals surface area (Å²) in [6.07, 6.45) is 3.17. The molecule has 2 N–H and O–H groups in total. The standard InChI is InChI=1S/C32H41N7O3Si/c1-6-29(40)33-25-8-7-9-27(22-25)42-31-28-14-15-39(23-41-20-21-43(3,4)5)30(28)35-32(36-31)34-24-10-12-26(13-11-24)38-18-16-37(2)17-19-38/h6-15,22H,1,16-21,23H2,2-5H3,(H,33,40)(H,34,35,36). The molecule has 0 unspecified atom stereocenters. The van der Waals surface area contributed by atoms with E-state index in [-0.39, 0.29) is 5.91 Å². The molecule has 0 aliphatic carbocycles. The molecule has 2 aromatic carbocycles. The van der Waals surface area contributed by atoms with Gasteiger partial charge in [0.15, 0.2) is 5.65 Å². The predicted octanol–water partition coefficient (Wildman–Crippen LogP) is 6.16. The molecule has 4 aromatic rings. The number of nitrogens with zero attached hydrogens (tertiary/aromatic N) is 5. The van der Waals surface area contributed by atoms with E-state index in [4.69, 9.17) is 19.4 Å². The van der Waals surface area contributed by atoms with Crippen LogP contribution in [0.5, 0.6) is 11.6 Å². The second-order valence-electron chi connectivity index (χ2n) is 12.0. The maximum absolute atomic E-state index is 11.8. The van der Waals surface area contributed by atoms with E-state index in [1.165, 1.54) is 11.8 Å².